The third kappa shape index (κ3) is 3.49. The number of thiophene rings is 1. The van der Waals surface area contributed by atoms with Gasteiger partial charge >= 0.3 is 0 Å². The fourth-order valence-corrected chi connectivity index (χ4v) is 3.66. The van der Waals surface area contributed by atoms with E-state index in [1.54, 1.807) is 11.3 Å². The maximum atomic E-state index is 12.8. The second-order valence-electron chi connectivity index (χ2n) is 7.36. The minimum absolute atomic E-state index is 0.0558. The molecule has 1 amide bonds. The van der Waals surface area contributed by atoms with E-state index in [1.807, 2.05) is 27.7 Å². The smallest absolute Gasteiger partial charge is 0.228 e. The summed E-state index contributed by atoms with van der Waals surface area (Å²) in [6, 6.07) is 4.34. The van der Waals surface area contributed by atoms with E-state index in [0.29, 0.717) is 5.92 Å². The van der Waals surface area contributed by atoms with E-state index in [-0.39, 0.29) is 11.9 Å². The van der Waals surface area contributed by atoms with Gasteiger partial charge in [-0.25, -0.2) is 0 Å². The lowest BCUT2D eigenvalue weighted by Crippen LogP contribution is -2.56. The highest BCUT2D eigenvalue weighted by Gasteiger charge is 2.42. The minimum atomic E-state index is -0.596. The number of amides is 1. The first kappa shape index (κ1) is 16.5. The van der Waals surface area contributed by atoms with Crippen LogP contribution in [-0.4, -0.2) is 11.4 Å². The average Bonchev–Trinajstić information content (AvgIpc) is 3.07. The summed E-state index contributed by atoms with van der Waals surface area (Å²) in [6.07, 6.45) is 4.95. The molecule has 1 aliphatic carbocycles. The van der Waals surface area contributed by atoms with Crippen LogP contribution < -0.4 is 11.1 Å². The van der Waals surface area contributed by atoms with Crippen LogP contribution in [0.1, 0.15) is 64.3 Å². The molecule has 1 atom stereocenters. The molecule has 0 spiro atoms. The van der Waals surface area contributed by atoms with Crippen LogP contribution in [0.25, 0.3) is 0 Å². The van der Waals surface area contributed by atoms with Crippen molar-refractivity contribution in [1.29, 1.82) is 0 Å². The predicted molar refractivity (Wildman–Crippen MR) is 89.2 cm³/mol. The van der Waals surface area contributed by atoms with Gasteiger partial charge in [0.1, 0.15) is 0 Å². The van der Waals surface area contributed by atoms with Crippen molar-refractivity contribution in [2.24, 2.45) is 17.1 Å². The fourth-order valence-electron chi connectivity index (χ4n) is 2.79. The Bertz CT molecular complexity index is 467. The Morgan fingerprint density at radius 1 is 1.33 bits per heavy atom. The van der Waals surface area contributed by atoms with Crippen molar-refractivity contribution in [3.63, 3.8) is 0 Å². The van der Waals surface area contributed by atoms with Crippen LogP contribution in [-0.2, 0) is 4.79 Å². The maximum Gasteiger partial charge on any atom is 0.228 e. The molecule has 2 rings (SSSR count). The van der Waals surface area contributed by atoms with Crippen molar-refractivity contribution in [2.45, 2.75) is 65.0 Å². The number of nitrogens with two attached hydrogens (primary N) is 1. The summed E-state index contributed by atoms with van der Waals surface area (Å²) in [4.78, 5) is 14.1. The van der Waals surface area contributed by atoms with Gasteiger partial charge in [0.2, 0.25) is 5.91 Å². The van der Waals surface area contributed by atoms with Gasteiger partial charge in [-0.2, -0.15) is 0 Å². The molecule has 0 aromatic carbocycles. The van der Waals surface area contributed by atoms with Gasteiger partial charge in [0, 0.05) is 10.4 Å². The maximum absolute atomic E-state index is 12.8. The number of rotatable bonds is 5. The first-order valence-corrected chi connectivity index (χ1v) is 8.74. The zero-order valence-electron chi connectivity index (χ0n) is 13.6. The highest BCUT2D eigenvalue weighted by Crippen LogP contribution is 2.38. The molecule has 1 saturated carbocycles. The van der Waals surface area contributed by atoms with Crippen molar-refractivity contribution in [3.05, 3.63) is 22.4 Å². The van der Waals surface area contributed by atoms with Gasteiger partial charge in [-0.1, -0.05) is 18.9 Å². The lowest BCUT2D eigenvalue weighted by Gasteiger charge is -2.38. The zero-order chi connectivity index (χ0) is 15.7. The standard InChI is InChI=1S/C17H28N2OS/c1-16(2,17(3,4)18)15(20)19-14(12-8-5-6-9-12)13-10-7-11-21-13/h7,10-12,14H,5-6,8-9,18H2,1-4H3,(H,19,20). The second-order valence-corrected chi connectivity index (χ2v) is 8.34. The second kappa shape index (κ2) is 6.09. The van der Waals surface area contributed by atoms with Crippen LogP contribution in [0.3, 0.4) is 0 Å². The fraction of sp³-hybridized carbons (Fsp3) is 0.706. The quantitative estimate of drug-likeness (QED) is 0.868. The third-order valence-electron chi connectivity index (χ3n) is 5.19. The lowest BCUT2D eigenvalue weighted by molar-refractivity contribution is -0.133. The molecule has 0 saturated heterocycles. The summed E-state index contributed by atoms with van der Waals surface area (Å²) >= 11 is 1.73. The SMILES string of the molecule is CC(C)(N)C(C)(C)C(=O)NC(c1cccs1)C1CCCC1. The molecular weight excluding hydrogens is 280 g/mol. The van der Waals surface area contributed by atoms with E-state index in [0.717, 1.165) is 0 Å². The molecule has 1 unspecified atom stereocenters. The Morgan fingerprint density at radius 2 is 1.95 bits per heavy atom. The third-order valence-corrected chi connectivity index (χ3v) is 6.14. The van der Waals surface area contributed by atoms with Gasteiger partial charge < -0.3 is 11.1 Å². The van der Waals surface area contributed by atoms with E-state index < -0.39 is 11.0 Å². The van der Waals surface area contributed by atoms with Crippen LogP contribution in [0.5, 0.6) is 0 Å². The van der Waals surface area contributed by atoms with Crippen LogP contribution in [0.2, 0.25) is 0 Å². The summed E-state index contributed by atoms with van der Waals surface area (Å²) in [6.45, 7) is 7.70. The Hall–Kier alpha value is -0.870. The van der Waals surface area contributed by atoms with Crippen molar-refractivity contribution in [1.82, 2.24) is 5.32 Å². The van der Waals surface area contributed by atoms with Crippen molar-refractivity contribution in [2.75, 3.05) is 0 Å². The van der Waals surface area contributed by atoms with Gasteiger partial charge in [-0.15, -0.1) is 11.3 Å². The Balaban J connectivity index is 2.18. The van der Waals surface area contributed by atoms with E-state index in [2.05, 4.69) is 22.8 Å². The van der Waals surface area contributed by atoms with Gasteiger partial charge in [0.25, 0.3) is 0 Å². The summed E-state index contributed by atoms with van der Waals surface area (Å²) in [5, 5.41) is 5.38. The summed E-state index contributed by atoms with van der Waals surface area (Å²) in [7, 11) is 0. The van der Waals surface area contributed by atoms with Crippen molar-refractivity contribution < 1.29 is 4.79 Å². The van der Waals surface area contributed by atoms with Gasteiger partial charge in [-0.05, 0) is 57.9 Å². The molecule has 4 heteroatoms. The van der Waals surface area contributed by atoms with E-state index in [1.165, 1.54) is 30.6 Å². The zero-order valence-corrected chi connectivity index (χ0v) is 14.4. The number of hydrogen-bond acceptors (Lipinski definition) is 3. The molecule has 1 aliphatic rings. The first-order chi connectivity index (χ1) is 9.73. The van der Waals surface area contributed by atoms with Crippen LogP contribution in [0.15, 0.2) is 17.5 Å². The molecule has 1 heterocycles. The van der Waals surface area contributed by atoms with Gasteiger partial charge in [0.05, 0.1) is 11.5 Å². The molecular formula is C17H28N2OS. The number of hydrogen-bond donors (Lipinski definition) is 2. The molecule has 1 fully saturated rings. The van der Waals surface area contributed by atoms with E-state index in [4.69, 9.17) is 5.73 Å². The summed E-state index contributed by atoms with van der Waals surface area (Å²) in [5.74, 6) is 0.615. The lowest BCUT2D eigenvalue weighted by atomic mass is 9.74. The van der Waals surface area contributed by atoms with Gasteiger partial charge in [0.15, 0.2) is 0 Å². The van der Waals surface area contributed by atoms with Crippen LogP contribution in [0, 0.1) is 11.3 Å². The largest absolute Gasteiger partial charge is 0.348 e. The molecule has 1 aromatic rings. The molecule has 0 radical (unpaired) electrons. The Morgan fingerprint density at radius 3 is 2.43 bits per heavy atom. The Labute approximate surface area is 132 Å². The van der Waals surface area contributed by atoms with Crippen molar-refractivity contribution in [3.8, 4) is 0 Å². The Kier molecular flexibility index (Phi) is 4.79. The van der Waals surface area contributed by atoms with Crippen LogP contribution >= 0.6 is 11.3 Å². The molecule has 0 aliphatic heterocycles. The minimum Gasteiger partial charge on any atom is -0.348 e. The predicted octanol–water partition coefficient (Wildman–Crippen LogP) is 3.86. The highest BCUT2D eigenvalue weighted by atomic mass is 32.1. The molecule has 0 bridgehead atoms. The first-order valence-electron chi connectivity index (χ1n) is 7.87. The van der Waals surface area contributed by atoms with E-state index in [9.17, 15) is 4.79 Å². The molecule has 3 N–H and O–H groups in total. The number of nitrogens with one attached hydrogen (secondary N) is 1. The monoisotopic (exact) mass is 308 g/mol. The number of carbonyl (C=O) groups is 1. The average molecular weight is 308 g/mol. The number of carbonyl (C=O) groups excluding carboxylic acids is 1. The molecule has 3 nitrogen and oxygen atoms in total. The summed E-state index contributed by atoms with van der Waals surface area (Å²) < 4.78 is 0. The topological polar surface area (TPSA) is 55.1 Å². The van der Waals surface area contributed by atoms with E-state index >= 15 is 0 Å². The normalized spacial score (nSPS) is 18.7. The molecule has 118 valence electrons. The molecule has 21 heavy (non-hydrogen) atoms. The van der Waals surface area contributed by atoms with Crippen molar-refractivity contribution >= 4 is 17.2 Å². The van der Waals surface area contributed by atoms with Crippen LogP contribution in [0.4, 0.5) is 0 Å². The summed E-state index contributed by atoms with van der Waals surface area (Å²) in [5.41, 5.74) is 5.06. The van der Waals surface area contributed by atoms with Gasteiger partial charge in [-0.3, -0.25) is 4.79 Å². The molecule has 1 aromatic heterocycles. The highest BCUT2D eigenvalue weighted by molar-refractivity contribution is 7.10.